The summed E-state index contributed by atoms with van der Waals surface area (Å²) in [5.74, 6) is 5.06. The van der Waals surface area contributed by atoms with Crippen molar-refractivity contribution in [2.45, 2.75) is 4.90 Å². The van der Waals surface area contributed by atoms with E-state index in [4.69, 9.17) is 17.4 Å². The van der Waals surface area contributed by atoms with Gasteiger partial charge in [0.05, 0.1) is 16.4 Å². The van der Waals surface area contributed by atoms with Gasteiger partial charge < -0.3 is 5.84 Å². The van der Waals surface area contributed by atoms with Crippen molar-refractivity contribution < 1.29 is 8.42 Å². The van der Waals surface area contributed by atoms with Crippen LogP contribution in [-0.2, 0) is 9.84 Å². The average molecular weight is 309 g/mol. The van der Waals surface area contributed by atoms with E-state index in [-0.39, 0.29) is 10.6 Å². The van der Waals surface area contributed by atoms with Crippen LogP contribution in [0.4, 0.5) is 0 Å². The van der Waals surface area contributed by atoms with Crippen molar-refractivity contribution in [3.63, 3.8) is 0 Å². The number of rotatable bonds is 4. The minimum absolute atomic E-state index is 0.194. The highest BCUT2D eigenvalue weighted by Gasteiger charge is 2.18. The number of hydrogen-bond donors (Lipinski definition) is 1. The number of halogens is 1. The Kier molecular flexibility index (Phi) is 4.42. The first-order chi connectivity index (χ1) is 9.53. The number of benzene rings is 2. The van der Waals surface area contributed by atoms with Gasteiger partial charge in [-0.3, -0.25) is 0 Å². The SMILES string of the molecule is N/N=C(\CS(=O)(=O)c1ccc(Cl)cc1)c1ccccc1. The lowest BCUT2D eigenvalue weighted by molar-refractivity contribution is 0.600. The summed E-state index contributed by atoms with van der Waals surface area (Å²) < 4.78 is 24.6. The molecule has 0 fully saturated rings. The van der Waals surface area contributed by atoms with E-state index in [9.17, 15) is 8.42 Å². The fourth-order valence-electron chi connectivity index (χ4n) is 1.73. The molecule has 0 aromatic heterocycles. The van der Waals surface area contributed by atoms with Crippen molar-refractivity contribution in [1.29, 1.82) is 0 Å². The van der Waals surface area contributed by atoms with Gasteiger partial charge >= 0.3 is 0 Å². The van der Waals surface area contributed by atoms with Crippen LogP contribution in [0.25, 0.3) is 0 Å². The van der Waals surface area contributed by atoms with E-state index >= 15 is 0 Å². The van der Waals surface area contributed by atoms with Crippen LogP contribution in [0.5, 0.6) is 0 Å². The summed E-state index contributed by atoms with van der Waals surface area (Å²) in [6, 6.07) is 15.0. The van der Waals surface area contributed by atoms with E-state index < -0.39 is 9.84 Å². The summed E-state index contributed by atoms with van der Waals surface area (Å²) >= 11 is 5.75. The van der Waals surface area contributed by atoms with Crippen LogP contribution in [0, 0.1) is 0 Å². The predicted octanol–water partition coefficient (Wildman–Crippen LogP) is 2.48. The number of sulfone groups is 1. The van der Waals surface area contributed by atoms with Crippen molar-refractivity contribution in [2.75, 3.05) is 5.75 Å². The van der Waals surface area contributed by atoms with Gasteiger partial charge in [-0.2, -0.15) is 5.10 Å². The van der Waals surface area contributed by atoms with Crippen LogP contribution in [0.2, 0.25) is 5.02 Å². The highest BCUT2D eigenvalue weighted by atomic mass is 35.5. The molecule has 0 atom stereocenters. The van der Waals surface area contributed by atoms with Crippen LogP contribution in [0.15, 0.2) is 64.6 Å². The molecule has 6 heteroatoms. The van der Waals surface area contributed by atoms with Gasteiger partial charge in [0.25, 0.3) is 0 Å². The molecule has 104 valence electrons. The van der Waals surface area contributed by atoms with Gasteiger partial charge in [0.2, 0.25) is 0 Å². The molecule has 4 nitrogen and oxygen atoms in total. The van der Waals surface area contributed by atoms with Crippen molar-refractivity contribution in [1.82, 2.24) is 0 Å². The zero-order valence-corrected chi connectivity index (χ0v) is 12.1. The molecule has 0 heterocycles. The van der Waals surface area contributed by atoms with Crippen LogP contribution in [0.1, 0.15) is 5.56 Å². The Balaban J connectivity index is 2.30. The summed E-state index contributed by atoms with van der Waals surface area (Å²) in [6.45, 7) is 0. The Morgan fingerprint density at radius 3 is 2.20 bits per heavy atom. The van der Waals surface area contributed by atoms with Crippen LogP contribution < -0.4 is 5.84 Å². The smallest absolute Gasteiger partial charge is 0.184 e. The minimum Gasteiger partial charge on any atom is -0.323 e. The summed E-state index contributed by atoms with van der Waals surface area (Å²) in [7, 11) is -3.51. The Bertz CT molecular complexity index is 711. The molecule has 0 saturated heterocycles. The normalized spacial score (nSPS) is 12.3. The number of nitrogens with zero attached hydrogens (tertiary/aromatic N) is 1. The number of hydrazone groups is 1. The lowest BCUT2D eigenvalue weighted by atomic mass is 10.1. The van der Waals surface area contributed by atoms with E-state index in [0.717, 1.165) is 0 Å². The third kappa shape index (κ3) is 3.37. The Hall–Kier alpha value is -1.85. The van der Waals surface area contributed by atoms with Crippen LogP contribution in [0.3, 0.4) is 0 Å². The fourth-order valence-corrected chi connectivity index (χ4v) is 3.18. The first kappa shape index (κ1) is 14.6. The Labute approximate surface area is 122 Å². The van der Waals surface area contributed by atoms with Gasteiger partial charge in [-0.05, 0) is 29.8 Å². The largest absolute Gasteiger partial charge is 0.323 e. The van der Waals surface area contributed by atoms with E-state index in [1.165, 1.54) is 24.3 Å². The Morgan fingerprint density at radius 2 is 1.65 bits per heavy atom. The lowest BCUT2D eigenvalue weighted by Gasteiger charge is -2.07. The molecule has 0 radical (unpaired) electrons. The molecule has 0 aliphatic rings. The van der Waals surface area contributed by atoms with Gasteiger partial charge in [0.1, 0.15) is 0 Å². The molecule has 0 aliphatic heterocycles. The summed E-state index contributed by atoms with van der Waals surface area (Å²) in [5, 5.41) is 4.08. The molecule has 20 heavy (non-hydrogen) atoms. The standard InChI is InChI=1S/C14H13ClN2O2S/c15-12-6-8-13(9-7-12)20(18,19)10-14(17-16)11-4-2-1-3-5-11/h1-9H,10,16H2/b17-14+. The number of nitrogens with two attached hydrogens (primary N) is 1. The van der Waals surface area contributed by atoms with Gasteiger partial charge in [0, 0.05) is 5.02 Å². The molecule has 0 aliphatic carbocycles. The van der Waals surface area contributed by atoms with Gasteiger partial charge in [-0.15, -0.1) is 0 Å². The maximum Gasteiger partial charge on any atom is 0.184 e. The quantitative estimate of drug-likeness (QED) is 0.536. The topological polar surface area (TPSA) is 72.5 Å². The summed E-state index contributed by atoms with van der Waals surface area (Å²) in [4.78, 5) is 0.194. The molecule has 2 aromatic rings. The zero-order chi connectivity index (χ0) is 14.6. The van der Waals surface area contributed by atoms with Crippen LogP contribution in [-0.4, -0.2) is 19.9 Å². The third-order valence-electron chi connectivity index (χ3n) is 2.76. The maximum atomic E-state index is 12.3. The molecule has 0 amide bonds. The predicted molar refractivity (Wildman–Crippen MR) is 80.7 cm³/mol. The van der Waals surface area contributed by atoms with Gasteiger partial charge in [-0.1, -0.05) is 41.9 Å². The molecular formula is C14H13ClN2O2S. The zero-order valence-electron chi connectivity index (χ0n) is 10.5. The van der Waals surface area contributed by atoms with E-state index in [1.807, 2.05) is 6.07 Å². The van der Waals surface area contributed by atoms with Gasteiger partial charge in [0.15, 0.2) is 9.84 Å². The van der Waals surface area contributed by atoms with E-state index in [1.54, 1.807) is 24.3 Å². The molecule has 2 aromatic carbocycles. The molecule has 2 rings (SSSR count). The molecule has 2 N–H and O–H groups in total. The van der Waals surface area contributed by atoms with E-state index in [0.29, 0.717) is 16.3 Å². The van der Waals surface area contributed by atoms with Crippen molar-refractivity contribution in [3.05, 3.63) is 65.2 Å². The first-order valence-electron chi connectivity index (χ1n) is 5.83. The second-order valence-electron chi connectivity index (χ2n) is 4.15. The molecule has 0 saturated carbocycles. The highest BCUT2D eigenvalue weighted by Crippen LogP contribution is 2.16. The molecule has 0 bridgehead atoms. The Morgan fingerprint density at radius 1 is 1.05 bits per heavy atom. The van der Waals surface area contributed by atoms with Crippen molar-refractivity contribution in [3.8, 4) is 0 Å². The minimum atomic E-state index is -3.51. The van der Waals surface area contributed by atoms with E-state index in [2.05, 4.69) is 5.10 Å². The molecule has 0 unspecified atom stereocenters. The fraction of sp³-hybridized carbons (Fsp3) is 0.0714. The first-order valence-corrected chi connectivity index (χ1v) is 7.86. The van der Waals surface area contributed by atoms with Crippen molar-refractivity contribution in [2.24, 2.45) is 10.9 Å². The van der Waals surface area contributed by atoms with Gasteiger partial charge in [-0.25, -0.2) is 8.42 Å². The summed E-state index contributed by atoms with van der Waals surface area (Å²) in [5.41, 5.74) is 1.01. The summed E-state index contributed by atoms with van der Waals surface area (Å²) in [6.07, 6.45) is 0. The average Bonchev–Trinajstić information content (AvgIpc) is 2.46. The monoisotopic (exact) mass is 308 g/mol. The third-order valence-corrected chi connectivity index (χ3v) is 4.66. The van der Waals surface area contributed by atoms with Crippen molar-refractivity contribution >= 4 is 27.1 Å². The second kappa shape index (κ2) is 6.07. The number of hydrogen-bond acceptors (Lipinski definition) is 4. The lowest BCUT2D eigenvalue weighted by Crippen LogP contribution is -2.18. The highest BCUT2D eigenvalue weighted by molar-refractivity contribution is 7.92. The molecule has 0 spiro atoms. The maximum absolute atomic E-state index is 12.3. The second-order valence-corrected chi connectivity index (χ2v) is 6.58. The molecular weight excluding hydrogens is 296 g/mol. The van der Waals surface area contributed by atoms with Crippen LogP contribution >= 0.6 is 11.6 Å².